The molecule has 4 rings (SSSR count). The SMILES string of the molecule is Cn1cc(-c2nc(C(=O)NCCc3cnn(-c4ccccc4)c3)cs2)cn1. The highest BCUT2D eigenvalue weighted by atomic mass is 32.1. The first-order chi connectivity index (χ1) is 13.2. The van der Waals surface area contributed by atoms with Gasteiger partial charge in [0.2, 0.25) is 0 Å². The average Bonchev–Trinajstić information content (AvgIpc) is 3.43. The second-order valence-corrected chi connectivity index (χ2v) is 6.93. The van der Waals surface area contributed by atoms with Crippen LogP contribution in [0.4, 0.5) is 0 Å². The van der Waals surface area contributed by atoms with Gasteiger partial charge in [-0.2, -0.15) is 10.2 Å². The van der Waals surface area contributed by atoms with Crippen LogP contribution in [0.3, 0.4) is 0 Å². The zero-order valence-electron chi connectivity index (χ0n) is 14.7. The van der Waals surface area contributed by atoms with E-state index in [4.69, 9.17) is 0 Å². The molecule has 8 heteroatoms. The maximum atomic E-state index is 12.3. The van der Waals surface area contributed by atoms with Gasteiger partial charge in [-0.05, 0) is 24.1 Å². The van der Waals surface area contributed by atoms with Gasteiger partial charge in [-0.15, -0.1) is 11.3 Å². The van der Waals surface area contributed by atoms with Crippen molar-refractivity contribution in [2.75, 3.05) is 6.54 Å². The highest BCUT2D eigenvalue weighted by Gasteiger charge is 2.12. The number of rotatable bonds is 6. The van der Waals surface area contributed by atoms with Crippen molar-refractivity contribution in [2.24, 2.45) is 7.05 Å². The predicted octanol–water partition coefficient (Wildman–Crippen LogP) is 2.70. The highest BCUT2D eigenvalue weighted by molar-refractivity contribution is 7.13. The molecule has 3 aromatic heterocycles. The van der Waals surface area contributed by atoms with E-state index in [9.17, 15) is 4.79 Å². The number of carbonyl (C=O) groups excluding carboxylic acids is 1. The quantitative estimate of drug-likeness (QED) is 0.560. The standard InChI is InChI=1S/C19H18N6OS/c1-24-12-15(10-21-24)19-23-17(13-27-19)18(26)20-8-7-14-9-22-25(11-14)16-5-3-2-4-6-16/h2-6,9-13H,7-8H2,1H3,(H,20,26). The van der Waals surface area contributed by atoms with Crippen molar-refractivity contribution in [3.8, 4) is 16.3 Å². The smallest absolute Gasteiger partial charge is 0.270 e. The van der Waals surface area contributed by atoms with Crippen molar-refractivity contribution in [3.63, 3.8) is 0 Å². The monoisotopic (exact) mass is 378 g/mol. The molecule has 0 aliphatic heterocycles. The van der Waals surface area contributed by atoms with Gasteiger partial charge in [0, 0.05) is 36.9 Å². The topological polar surface area (TPSA) is 77.6 Å². The van der Waals surface area contributed by atoms with Gasteiger partial charge < -0.3 is 5.32 Å². The van der Waals surface area contributed by atoms with Gasteiger partial charge >= 0.3 is 0 Å². The van der Waals surface area contributed by atoms with Crippen molar-refractivity contribution >= 4 is 17.2 Å². The van der Waals surface area contributed by atoms with Gasteiger partial charge in [-0.1, -0.05) is 18.2 Å². The number of benzene rings is 1. The first kappa shape index (κ1) is 17.2. The number of aromatic nitrogens is 5. The third-order valence-corrected chi connectivity index (χ3v) is 4.94. The number of hydrogen-bond donors (Lipinski definition) is 1. The summed E-state index contributed by atoms with van der Waals surface area (Å²) in [6, 6.07) is 9.93. The number of amides is 1. The minimum Gasteiger partial charge on any atom is -0.350 e. The number of aryl methyl sites for hydroxylation is 1. The van der Waals surface area contributed by atoms with Crippen LogP contribution in [-0.2, 0) is 13.5 Å². The van der Waals surface area contributed by atoms with Crippen LogP contribution < -0.4 is 5.32 Å². The number of carbonyl (C=O) groups is 1. The summed E-state index contributed by atoms with van der Waals surface area (Å²) in [7, 11) is 1.85. The normalized spacial score (nSPS) is 10.9. The summed E-state index contributed by atoms with van der Waals surface area (Å²) < 4.78 is 3.55. The molecule has 0 unspecified atom stereocenters. The number of nitrogens with one attached hydrogen (secondary N) is 1. The Morgan fingerprint density at radius 3 is 2.78 bits per heavy atom. The lowest BCUT2D eigenvalue weighted by atomic mass is 10.2. The lowest BCUT2D eigenvalue weighted by Gasteiger charge is -2.02. The van der Waals surface area contributed by atoms with E-state index in [2.05, 4.69) is 20.5 Å². The molecule has 1 amide bonds. The van der Waals surface area contributed by atoms with Gasteiger partial charge in [0.15, 0.2) is 0 Å². The van der Waals surface area contributed by atoms with Crippen LogP contribution in [0.5, 0.6) is 0 Å². The zero-order chi connectivity index (χ0) is 18.6. The number of thiazole rings is 1. The number of para-hydroxylation sites is 1. The van der Waals surface area contributed by atoms with Crippen LogP contribution in [0.1, 0.15) is 16.1 Å². The highest BCUT2D eigenvalue weighted by Crippen LogP contribution is 2.22. The van der Waals surface area contributed by atoms with Gasteiger partial charge in [0.05, 0.1) is 18.1 Å². The first-order valence-corrected chi connectivity index (χ1v) is 9.39. The van der Waals surface area contributed by atoms with E-state index in [1.165, 1.54) is 11.3 Å². The molecule has 3 heterocycles. The Hall–Kier alpha value is -3.26. The molecule has 7 nitrogen and oxygen atoms in total. The first-order valence-electron chi connectivity index (χ1n) is 8.51. The summed E-state index contributed by atoms with van der Waals surface area (Å²) in [6.07, 6.45) is 8.13. The minimum absolute atomic E-state index is 0.170. The molecule has 1 N–H and O–H groups in total. The van der Waals surface area contributed by atoms with Gasteiger partial charge in [-0.3, -0.25) is 9.48 Å². The van der Waals surface area contributed by atoms with Crippen LogP contribution in [0.2, 0.25) is 0 Å². The largest absolute Gasteiger partial charge is 0.350 e. The van der Waals surface area contributed by atoms with Crippen LogP contribution in [0.25, 0.3) is 16.3 Å². The van der Waals surface area contributed by atoms with E-state index < -0.39 is 0 Å². The average molecular weight is 378 g/mol. The molecule has 1 aromatic carbocycles. The Balaban J connectivity index is 1.32. The summed E-state index contributed by atoms with van der Waals surface area (Å²) in [5.41, 5.74) is 3.42. The second kappa shape index (κ2) is 7.55. The molecule has 0 aliphatic rings. The summed E-state index contributed by atoms with van der Waals surface area (Å²) in [5.74, 6) is -0.170. The molecule has 0 saturated heterocycles. The van der Waals surface area contributed by atoms with Gasteiger partial charge in [-0.25, -0.2) is 9.67 Å². The van der Waals surface area contributed by atoms with Crippen LogP contribution in [0.15, 0.2) is 60.5 Å². The molecule has 4 aromatic rings. The molecule has 0 fully saturated rings. The summed E-state index contributed by atoms with van der Waals surface area (Å²) in [5, 5.41) is 14.0. The maximum absolute atomic E-state index is 12.3. The third kappa shape index (κ3) is 3.95. The molecule has 0 atom stereocenters. The summed E-state index contributed by atoms with van der Waals surface area (Å²) in [4.78, 5) is 16.7. The third-order valence-electron chi connectivity index (χ3n) is 4.04. The Bertz CT molecular complexity index is 1050. The molecule has 0 saturated carbocycles. The number of nitrogens with zero attached hydrogens (tertiary/aromatic N) is 5. The lowest BCUT2D eigenvalue weighted by molar-refractivity contribution is 0.0950. The fourth-order valence-corrected chi connectivity index (χ4v) is 3.44. The van der Waals surface area contributed by atoms with Crippen LogP contribution >= 0.6 is 11.3 Å². The Morgan fingerprint density at radius 2 is 2.00 bits per heavy atom. The molecule has 27 heavy (non-hydrogen) atoms. The maximum Gasteiger partial charge on any atom is 0.270 e. The molecule has 0 spiro atoms. The van der Waals surface area contributed by atoms with E-state index >= 15 is 0 Å². The Morgan fingerprint density at radius 1 is 1.15 bits per heavy atom. The molecular weight excluding hydrogens is 360 g/mol. The summed E-state index contributed by atoms with van der Waals surface area (Å²) >= 11 is 1.44. The van der Waals surface area contributed by atoms with Gasteiger partial charge in [0.1, 0.15) is 10.7 Å². The fraction of sp³-hybridized carbons (Fsp3) is 0.158. The fourth-order valence-electron chi connectivity index (χ4n) is 2.66. The lowest BCUT2D eigenvalue weighted by Crippen LogP contribution is -2.25. The molecule has 0 aliphatic carbocycles. The number of hydrogen-bond acceptors (Lipinski definition) is 5. The van der Waals surface area contributed by atoms with E-state index in [0.29, 0.717) is 18.7 Å². The van der Waals surface area contributed by atoms with Crippen molar-refractivity contribution < 1.29 is 4.79 Å². The molecule has 136 valence electrons. The van der Waals surface area contributed by atoms with Crippen molar-refractivity contribution in [1.29, 1.82) is 0 Å². The van der Waals surface area contributed by atoms with E-state index in [-0.39, 0.29) is 5.91 Å². The minimum atomic E-state index is -0.170. The molecule has 0 bridgehead atoms. The van der Waals surface area contributed by atoms with Crippen molar-refractivity contribution in [3.05, 3.63) is 71.8 Å². The molecule has 0 radical (unpaired) electrons. The van der Waals surface area contributed by atoms with Crippen molar-refractivity contribution in [1.82, 2.24) is 29.9 Å². The molecular formula is C19H18N6OS. The van der Waals surface area contributed by atoms with E-state index in [1.54, 1.807) is 16.3 Å². The van der Waals surface area contributed by atoms with Gasteiger partial charge in [0.25, 0.3) is 5.91 Å². The van der Waals surface area contributed by atoms with Crippen molar-refractivity contribution in [2.45, 2.75) is 6.42 Å². The Kier molecular flexibility index (Phi) is 4.80. The second-order valence-electron chi connectivity index (χ2n) is 6.08. The van der Waals surface area contributed by atoms with Crippen LogP contribution in [-0.4, -0.2) is 37.0 Å². The summed E-state index contributed by atoms with van der Waals surface area (Å²) in [6.45, 7) is 0.527. The predicted molar refractivity (Wildman–Crippen MR) is 104 cm³/mol. The zero-order valence-corrected chi connectivity index (χ0v) is 15.6. The van der Waals surface area contributed by atoms with E-state index in [1.807, 2.05) is 60.7 Å². The van der Waals surface area contributed by atoms with E-state index in [0.717, 1.165) is 21.8 Å². The Labute approximate surface area is 160 Å². The van der Waals surface area contributed by atoms with Crippen LogP contribution in [0, 0.1) is 0 Å².